The summed E-state index contributed by atoms with van der Waals surface area (Å²) in [5.41, 5.74) is 0. The molecular weight excluding hydrogens is 299 g/mol. The minimum absolute atomic E-state index is 0.111. The van der Waals surface area contributed by atoms with Gasteiger partial charge in [0, 0.05) is 6.42 Å². The van der Waals surface area contributed by atoms with E-state index in [1.807, 2.05) is 0 Å². The number of amides is 1. The van der Waals surface area contributed by atoms with E-state index in [2.05, 4.69) is 15.3 Å². The maximum absolute atomic E-state index is 12.1. The first-order valence-electron chi connectivity index (χ1n) is 6.22. The van der Waals surface area contributed by atoms with Crippen molar-refractivity contribution in [1.82, 2.24) is 15.3 Å². The Bertz CT molecular complexity index is 527. The zero-order chi connectivity index (χ0) is 16.0. The lowest BCUT2D eigenvalue weighted by Gasteiger charge is -2.23. The van der Waals surface area contributed by atoms with E-state index in [1.165, 1.54) is 25.9 Å². The largest absolute Gasteiger partial charge is 0.481 e. The summed E-state index contributed by atoms with van der Waals surface area (Å²) in [5, 5.41) is 21.4. The molecule has 0 fully saturated rings. The number of carboxylic acid groups (broad SMARTS) is 1. The van der Waals surface area contributed by atoms with Gasteiger partial charge < -0.3 is 14.7 Å². The number of nitrogens with zero attached hydrogens (tertiary/aromatic N) is 2. The molecule has 21 heavy (non-hydrogen) atoms. The van der Waals surface area contributed by atoms with Crippen molar-refractivity contribution in [2.24, 2.45) is 0 Å². The number of hydrogen-bond acceptors (Lipinski definition) is 6. The van der Waals surface area contributed by atoms with Crippen molar-refractivity contribution in [3.8, 4) is 0 Å². The van der Waals surface area contributed by atoms with Gasteiger partial charge in [0.05, 0.1) is 32.0 Å². The van der Waals surface area contributed by atoms with Gasteiger partial charge in [-0.3, -0.25) is 20.1 Å². The lowest BCUT2D eigenvalue weighted by Crippen LogP contribution is -2.40. The summed E-state index contributed by atoms with van der Waals surface area (Å²) in [5.74, 6) is -2.16. The molecule has 10 heteroatoms. The van der Waals surface area contributed by atoms with Crippen LogP contribution in [-0.4, -0.2) is 57.8 Å². The van der Waals surface area contributed by atoms with E-state index in [1.54, 1.807) is 0 Å². The van der Waals surface area contributed by atoms with Crippen LogP contribution >= 0.6 is 7.14 Å². The summed E-state index contributed by atoms with van der Waals surface area (Å²) < 4.78 is 12.1. The number of carbonyl (C=O) groups excluding carboxylic acids is 1. The van der Waals surface area contributed by atoms with Crippen LogP contribution in [-0.2, 0) is 14.2 Å². The third-order valence-electron chi connectivity index (χ3n) is 2.82. The van der Waals surface area contributed by atoms with Crippen LogP contribution in [0, 0.1) is 0 Å². The number of anilines is 1. The maximum atomic E-state index is 12.1. The molecule has 1 heterocycles. The number of hydroxylamine groups is 1. The Morgan fingerprint density at radius 3 is 2.67 bits per heavy atom. The highest BCUT2D eigenvalue weighted by molar-refractivity contribution is 7.63. The van der Waals surface area contributed by atoms with E-state index >= 15 is 0 Å². The molecule has 0 aromatic carbocycles. The molecule has 1 aromatic rings. The quantitative estimate of drug-likeness (QED) is 0.312. The molecule has 0 bridgehead atoms. The summed E-state index contributed by atoms with van der Waals surface area (Å²) in [4.78, 5) is 28.6. The highest BCUT2D eigenvalue weighted by Crippen LogP contribution is 2.42. The Hall–Kier alpha value is -1.70. The Balaban J connectivity index is 2.58. The first kappa shape index (κ1) is 17.4. The summed E-state index contributed by atoms with van der Waals surface area (Å²) in [7, 11) is -2.63. The molecule has 0 aliphatic rings. The second kappa shape index (κ2) is 7.35. The molecule has 1 atom stereocenters. The fourth-order valence-corrected chi connectivity index (χ4v) is 2.95. The number of imidazole rings is 1. The highest BCUT2D eigenvalue weighted by atomic mass is 31.2. The predicted molar refractivity (Wildman–Crippen MR) is 76.0 cm³/mol. The number of aromatic amines is 1. The number of carbonyl (C=O) groups is 2. The van der Waals surface area contributed by atoms with E-state index in [0.717, 1.165) is 0 Å². The van der Waals surface area contributed by atoms with E-state index in [-0.39, 0.29) is 25.2 Å². The van der Waals surface area contributed by atoms with Crippen molar-refractivity contribution in [2.75, 3.05) is 24.9 Å². The predicted octanol–water partition coefficient (Wildman–Crippen LogP) is 0.535. The molecule has 0 saturated heterocycles. The summed E-state index contributed by atoms with van der Waals surface area (Å²) in [6.07, 6.45) is 2.56. The molecule has 0 radical (unpaired) electrons. The van der Waals surface area contributed by atoms with Crippen molar-refractivity contribution in [3.05, 3.63) is 12.5 Å². The van der Waals surface area contributed by atoms with Crippen LogP contribution < -0.4 is 10.4 Å². The second-order valence-corrected chi connectivity index (χ2v) is 8.40. The van der Waals surface area contributed by atoms with Gasteiger partial charge in [0.2, 0.25) is 0 Å². The number of nitrogens with one attached hydrogen (secondary N) is 2. The molecule has 118 valence electrons. The fraction of sp³-hybridized carbons (Fsp3) is 0.545. The lowest BCUT2D eigenvalue weighted by molar-refractivity contribution is -0.137. The van der Waals surface area contributed by atoms with Crippen LogP contribution in [0.1, 0.15) is 12.8 Å². The average molecular weight is 318 g/mol. The monoisotopic (exact) mass is 318 g/mol. The van der Waals surface area contributed by atoms with Crippen LogP contribution in [0.2, 0.25) is 0 Å². The number of H-pyrrole nitrogens is 1. The van der Waals surface area contributed by atoms with Gasteiger partial charge in [-0.05, 0) is 19.8 Å². The highest BCUT2D eigenvalue weighted by Gasteiger charge is 2.25. The fourth-order valence-electron chi connectivity index (χ4n) is 1.67. The minimum atomic E-state index is -2.63. The summed E-state index contributed by atoms with van der Waals surface area (Å²) in [6.45, 7) is 2.76. The molecule has 0 spiro atoms. The molecule has 1 rings (SSSR count). The standard InChI is InChI=1S/C11H19N4O5P/c1-21(2,20)9(3-4-11(17)18)13-6-10(16)15(19)8-5-12-7-14-8/h5,7,9,13,19H,3-4,6H2,1-2H3,(H,12,14)(H,17,18). The zero-order valence-corrected chi connectivity index (χ0v) is 12.7. The normalized spacial score (nSPS) is 12.9. The molecule has 1 amide bonds. The number of rotatable bonds is 8. The topological polar surface area (TPSA) is 136 Å². The molecule has 1 unspecified atom stereocenters. The molecular formula is C11H19N4O5P. The third-order valence-corrected chi connectivity index (χ3v) is 4.76. The van der Waals surface area contributed by atoms with Crippen LogP contribution in [0.25, 0.3) is 0 Å². The number of aliphatic carboxylic acids is 1. The Morgan fingerprint density at radius 1 is 1.52 bits per heavy atom. The van der Waals surface area contributed by atoms with Crippen molar-refractivity contribution in [2.45, 2.75) is 18.6 Å². The van der Waals surface area contributed by atoms with Crippen LogP contribution in [0.4, 0.5) is 5.82 Å². The van der Waals surface area contributed by atoms with Crippen molar-refractivity contribution < 1.29 is 24.5 Å². The van der Waals surface area contributed by atoms with Gasteiger partial charge in [-0.15, -0.1) is 0 Å². The van der Waals surface area contributed by atoms with Gasteiger partial charge in [0.15, 0.2) is 5.82 Å². The van der Waals surface area contributed by atoms with E-state index in [4.69, 9.17) is 5.11 Å². The van der Waals surface area contributed by atoms with Gasteiger partial charge in [-0.25, -0.2) is 4.98 Å². The molecule has 4 N–H and O–H groups in total. The van der Waals surface area contributed by atoms with Crippen LogP contribution in [0.3, 0.4) is 0 Å². The van der Waals surface area contributed by atoms with Crippen molar-refractivity contribution >= 4 is 24.8 Å². The number of aromatic nitrogens is 2. The zero-order valence-electron chi connectivity index (χ0n) is 11.8. The number of hydrogen-bond donors (Lipinski definition) is 4. The Morgan fingerprint density at radius 2 is 2.19 bits per heavy atom. The van der Waals surface area contributed by atoms with Crippen LogP contribution in [0.15, 0.2) is 12.5 Å². The maximum Gasteiger partial charge on any atom is 0.303 e. The lowest BCUT2D eigenvalue weighted by atomic mass is 10.3. The first-order valence-corrected chi connectivity index (χ1v) is 8.89. The van der Waals surface area contributed by atoms with E-state index < -0.39 is 24.8 Å². The molecule has 0 aliphatic carbocycles. The van der Waals surface area contributed by atoms with Gasteiger partial charge >= 0.3 is 5.97 Å². The summed E-state index contributed by atoms with van der Waals surface area (Å²) >= 11 is 0. The van der Waals surface area contributed by atoms with Gasteiger partial charge in [-0.1, -0.05) is 0 Å². The number of carboxylic acids is 1. The smallest absolute Gasteiger partial charge is 0.303 e. The molecule has 0 aliphatic heterocycles. The van der Waals surface area contributed by atoms with Crippen molar-refractivity contribution in [3.63, 3.8) is 0 Å². The molecule has 0 saturated carbocycles. The first-order chi connectivity index (χ1) is 9.71. The SMILES string of the molecule is CP(C)(=O)C(CCC(=O)O)NCC(=O)N(O)c1cnc[nH]1. The average Bonchev–Trinajstić information content (AvgIpc) is 2.89. The van der Waals surface area contributed by atoms with Gasteiger partial charge in [-0.2, -0.15) is 5.06 Å². The van der Waals surface area contributed by atoms with Crippen LogP contribution in [0.5, 0.6) is 0 Å². The van der Waals surface area contributed by atoms with E-state index in [9.17, 15) is 19.4 Å². The second-order valence-electron chi connectivity index (χ2n) is 4.91. The van der Waals surface area contributed by atoms with Gasteiger partial charge in [0.25, 0.3) is 5.91 Å². The van der Waals surface area contributed by atoms with E-state index in [0.29, 0.717) is 5.06 Å². The third kappa shape index (κ3) is 5.66. The molecule has 1 aromatic heterocycles. The van der Waals surface area contributed by atoms with Crippen molar-refractivity contribution in [1.29, 1.82) is 0 Å². The molecule has 9 nitrogen and oxygen atoms in total. The minimum Gasteiger partial charge on any atom is -0.481 e. The Kier molecular flexibility index (Phi) is 6.07. The van der Waals surface area contributed by atoms with Gasteiger partial charge in [0.1, 0.15) is 0 Å². The Labute approximate surface area is 121 Å². The summed E-state index contributed by atoms with van der Waals surface area (Å²) in [6, 6.07) is 0.